The molecule has 0 unspecified atom stereocenters. The van der Waals surface area contributed by atoms with Gasteiger partial charge in [-0.15, -0.1) is 0 Å². The number of imidazole rings is 1. The molecule has 0 bridgehead atoms. The number of hydrogen-bond donors (Lipinski definition) is 1. The Kier molecular flexibility index (Phi) is 5.16. The molecular weight excluding hydrogens is 343 g/mol. The molecule has 1 N–H and O–H groups in total. The number of carbonyl (C=O) groups excluding carboxylic acids is 1. The number of halogens is 1. The van der Waals surface area contributed by atoms with Gasteiger partial charge in [0.05, 0.1) is 11.3 Å². The van der Waals surface area contributed by atoms with Crippen molar-refractivity contribution in [1.29, 1.82) is 0 Å². The fourth-order valence-corrected chi connectivity index (χ4v) is 3.50. The maximum Gasteiger partial charge on any atom is 0.252 e. The Balaban J connectivity index is 1.40. The van der Waals surface area contributed by atoms with Crippen LogP contribution in [0.4, 0.5) is 4.39 Å². The van der Waals surface area contributed by atoms with Crippen LogP contribution in [0.25, 0.3) is 16.9 Å². The summed E-state index contributed by atoms with van der Waals surface area (Å²) in [5.41, 5.74) is 2.94. The summed E-state index contributed by atoms with van der Waals surface area (Å²) in [5, 5.41) is 2.99. The lowest BCUT2D eigenvalue weighted by atomic mass is 10.2. The van der Waals surface area contributed by atoms with Crippen molar-refractivity contribution in [3.8, 4) is 11.3 Å². The van der Waals surface area contributed by atoms with Gasteiger partial charge in [0.2, 0.25) is 0 Å². The molecule has 27 heavy (non-hydrogen) atoms. The van der Waals surface area contributed by atoms with Crippen LogP contribution in [0.5, 0.6) is 0 Å². The van der Waals surface area contributed by atoms with E-state index in [0.29, 0.717) is 12.1 Å². The quantitative estimate of drug-likeness (QED) is 0.681. The zero-order valence-corrected chi connectivity index (χ0v) is 15.2. The Labute approximate surface area is 157 Å². The highest BCUT2D eigenvalue weighted by Gasteiger charge is 2.12. The SMILES string of the molecule is O=C(NCCCN1CCCC1)c1ccc2nc(-c3ccc(F)cc3)cn2c1. The standard InChI is InChI=1S/C21H23FN4O/c22-18-7-4-16(5-8-18)19-15-26-14-17(6-9-20(26)24-19)21(27)23-10-3-13-25-11-1-2-12-25/h4-9,14-15H,1-3,10-13H2,(H,23,27). The van der Waals surface area contributed by atoms with Crippen LogP contribution in [0.2, 0.25) is 0 Å². The molecule has 1 aliphatic heterocycles. The first-order valence-electron chi connectivity index (χ1n) is 9.44. The normalized spacial score (nSPS) is 14.7. The van der Waals surface area contributed by atoms with E-state index in [9.17, 15) is 9.18 Å². The molecule has 140 valence electrons. The summed E-state index contributed by atoms with van der Waals surface area (Å²) >= 11 is 0. The number of hydrogen-bond acceptors (Lipinski definition) is 3. The van der Waals surface area contributed by atoms with Gasteiger partial charge in [-0.3, -0.25) is 4.79 Å². The number of rotatable bonds is 6. The second-order valence-electron chi connectivity index (χ2n) is 6.97. The van der Waals surface area contributed by atoms with Gasteiger partial charge in [-0.05, 0) is 75.3 Å². The maximum atomic E-state index is 13.1. The predicted molar refractivity (Wildman–Crippen MR) is 103 cm³/mol. The van der Waals surface area contributed by atoms with Crippen molar-refractivity contribution >= 4 is 11.6 Å². The molecule has 0 spiro atoms. The summed E-state index contributed by atoms with van der Waals surface area (Å²) in [6.07, 6.45) is 7.18. The van der Waals surface area contributed by atoms with Crippen molar-refractivity contribution in [2.45, 2.75) is 19.3 Å². The van der Waals surface area contributed by atoms with E-state index < -0.39 is 0 Å². The molecule has 1 saturated heterocycles. The van der Waals surface area contributed by atoms with Crippen molar-refractivity contribution in [2.24, 2.45) is 0 Å². The van der Waals surface area contributed by atoms with Gasteiger partial charge in [0.1, 0.15) is 11.5 Å². The van der Waals surface area contributed by atoms with E-state index in [1.165, 1.54) is 38.1 Å². The minimum atomic E-state index is -0.272. The van der Waals surface area contributed by atoms with Crippen molar-refractivity contribution in [2.75, 3.05) is 26.2 Å². The van der Waals surface area contributed by atoms with Crippen molar-refractivity contribution in [3.63, 3.8) is 0 Å². The molecule has 1 fully saturated rings. The molecule has 6 heteroatoms. The van der Waals surface area contributed by atoms with Gasteiger partial charge in [-0.1, -0.05) is 0 Å². The second kappa shape index (κ2) is 7.88. The van der Waals surface area contributed by atoms with E-state index in [1.807, 2.05) is 16.7 Å². The largest absolute Gasteiger partial charge is 0.352 e. The second-order valence-corrected chi connectivity index (χ2v) is 6.97. The van der Waals surface area contributed by atoms with Gasteiger partial charge >= 0.3 is 0 Å². The molecule has 1 aliphatic rings. The van der Waals surface area contributed by atoms with Crippen LogP contribution in [-0.4, -0.2) is 46.4 Å². The van der Waals surface area contributed by atoms with Crippen LogP contribution in [0.15, 0.2) is 48.8 Å². The Bertz CT molecular complexity index is 929. The number of benzene rings is 1. The average molecular weight is 366 g/mol. The van der Waals surface area contributed by atoms with Gasteiger partial charge in [0, 0.05) is 24.5 Å². The highest BCUT2D eigenvalue weighted by molar-refractivity contribution is 5.94. The van der Waals surface area contributed by atoms with E-state index >= 15 is 0 Å². The third-order valence-electron chi connectivity index (χ3n) is 4.99. The third-order valence-corrected chi connectivity index (χ3v) is 4.99. The van der Waals surface area contributed by atoms with Gasteiger partial charge in [0.25, 0.3) is 5.91 Å². The van der Waals surface area contributed by atoms with Crippen LogP contribution in [0.1, 0.15) is 29.6 Å². The maximum absolute atomic E-state index is 13.1. The molecule has 0 radical (unpaired) electrons. The lowest BCUT2D eigenvalue weighted by Crippen LogP contribution is -2.28. The summed E-state index contributed by atoms with van der Waals surface area (Å²) in [6, 6.07) is 9.84. The summed E-state index contributed by atoms with van der Waals surface area (Å²) < 4.78 is 14.9. The number of nitrogens with one attached hydrogen (secondary N) is 1. The van der Waals surface area contributed by atoms with Crippen LogP contribution in [0, 0.1) is 5.82 Å². The Morgan fingerprint density at radius 3 is 2.63 bits per heavy atom. The smallest absolute Gasteiger partial charge is 0.252 e. The number of nitrogens with zero attached hydrogens (tertiary/aromatic N) is 3. The van der Waals surface area contributed by atoms with Crippen molar-refractivity contribution in [1.82, 2.24) is 19.6 Å². The molecule has 3 aromatic rings. The Hall–Kier alpha value is -2.73. The zero-order chi connectivity index (χ0) is 18.6. The number of pyridine rings is 1. The third kappa shape index (κ3) is 4.17. The number of amides is 1. The summed E-state index contributed by atoms with van der Waals surface area (Å²) in [7, 11) is 0. The van der Waals surface area contributed by atoms with E-state index in [1.54, 1.807) is 24.4 Å². The van der Waals surface area contributed by atoms with Gasteiger partial charge in [-0.25, -0.2) is 9.37 Å². The summed E-state index contributed by atoms with van der Waals surface area (Å²) in [5.74, 6) is -0.346. The van der Waals surface area contributed by atoms with E-state index in [2.05, 4.69) is 15.2 Å². The minimum Gasteiger partial charge on any atom is -0.352 e. The topological polar surface area (TPSA) is 49.6 Å². The molecule has 0 saturated carbocycles. The van der Waals surface area contributed by atoms with E-state index in [0.717, 1.165) is 29.9 Å². The molecule has 1 aromatic carbocycles. The molecule has 2 aromatic heterocycles. The number of carbonyl (C=O) groups is 1. The van der Waals surface area contributed by atoms with Crippen LogP contribution < -0.4 is 5.32 Å². The fourth-order valence-electron chi connectivity index (χ4n) is 3.50. The van der Waals surface area contributed by atoms with Gasteiger partial charge in [0.15, 0.2) is 0 Å². The molecule has 3 heterocycles. The van der Waals surface area contributed by atoms with Crippen LogP contribution in [-0.2, 0) is 0 Å². The van der Waals surface area contributed by atoms with Crippen molar-refractivity contribution in [3.05, 3.63) is 60.2 Å². The average Bonchev–Trinajstić information content (AvgIpc) is 3.34. The van der Waals surface area contributed by atoms with Crippen LogP contribution >= 0.6 is 0 Å². The van der Waals surface area contributed by atoms with Gasteiger partial charge in [-0.2, -0.15) is 0 Å². The zero-order valence-electron chi connectivity index (χ0n) is 15.2. The Morgan fingerprint density at radius 1 is 1.07 bits per heavy atom. The number of fused-ring (bicyclic) bond motifs is 1. The lowest BCUT2D eigenvalue weighted by Gasteiger charge is -2.14. The highest BCUT2D eigenvalue weighted by atomic mass is 19.1. The Morgan fingerprint density at radius 2 is 1.85 bits per heavy atom. The first-order valence-corrected chi connectivity index (χ1v) is 9.44. The van der Waals surface area contributed by atoms with Crippen molar-refractivity contribution < 1.29 is 9.18 Å². The molecule has 5 nitrogen and oxygen atoms in total. The first-order chi connectivity index (χ1) is 13.2. The fraction of sp³-hybridized carbons (Fsp3) is 0.333. The van der Waals surface area contributed by atoms with Gasteiger partial charge < -0.3 is 14.6 Å². The molecule has 1 amide bonds. The molecule has 0 aliphatic carbocycles. The predicted octanol–water partition coefficient (Wildman–Crippen LogP) is 3.36. The molecule has 0 atom stereocenters. The first kappa shape index (κ1) is 17.7. The lowest BCUT2D eigenvalue weighted by molar-refractivity contribution is 0.0951. The number of aromatic nitrogens is 2. The summed E-state index contributed by atoms with van der Waals surface area (Å²) in [4.78, 5) is 19.4. The molecular formula is C21H23FN4O. The monoisotopic (exact) mass is 366 g/mol. The number of likely N-dealkylation sites (tertiary alicyclic amines) is 1. The highest BCUT2D eigenvalue weighted by Crippen LogP contribution is 2.20. The molecule has 4 rings (SSSR count). The van der Waals surface area contributed by atoms with E-state index in [-0.39, 0.29) is 11.7 Å². The summed E-state index contributed by atoms with van der Waals surface area (Å²) in [6.45, 7) is 4.09. The van der Waals surface area contributed by atoms with Crippen LogP contribution in [0.3, 0.4) is 0 Å². The minimum absolute atomic E-state index is 0.0737. The van der Waals surface area contributed by atoms with E-state index in [4.69, 9.17) is 0 Å².